The molecule has 0 aliphatic rings. The molecule has 0 bridgehead atoms. The van der Waals surface area contributed by atoms with E-state index >= 15 is 0 Å². The SMILES string of the molecule is CC(C)NCC(=O)NC(CC(N)=O)C(=O)C(C)C. The molecule has 0 rings (SSSR count). The summed E-state index contributed by atoms with van der Waals surface area (Å²) in [5.74, 6) is -1.37. The van der Waals surface area contributed by atoms with Crippen molar-refractivity contribution in [3.05, 3.63) is 0 Å². The van der Waals surface area contributed by atoms with E-state index in [1.54, 1.807) is 13.8 Å². The molecule has 0 aliphatic heterocycles. The number of carbonyl (C=O) groups excluding carboxylic acids is 3. The summed E-state index contributed by atoms with van der Waals surface area (Å²) < 4.78 is 0. The molecule has 104 valence electrons. The number of nitrogens with two attached hydrogens (primary N) is 1. The van der Waals surface area contributed by atoms with Crippen LogP contribution in [0.1, 0.15) is 34.1 Å². The van der Waals surface area contributed by atoms with Gasteiger partial charge in [0.2, 0.25) is 11.8 Å². The average Bonchev–Trinajstić information content (AvgIpc) is 2.23. The molecule has 18 heavy (non-hydrogen) atoms. The Morgan fingerprint density at radius 3 is 2.06 bits per heavy atom. The van der Waals surface area contributed by atoms with Crippen LogP contribution in [0.5, 0.6) is 0 Å². The molecule has 0 aromatic heterocycles. The second-order valence-electron chi connectivity index (χ2n) is 4.88. The van der Waals surface area contributed by atoms with E-state index in [9.17, 15) is 14.4 Å². The van der Waals surface area contributed by atoms with Crippen LogP contribution >= 0.6 is 0 Å². The van der Waals surface area contributed by atoms with Gasteiger partial charge in [0.05, 0.1) is 19.0 Å². The maximum absolute atomic E-state index is 11.8. The van der Waals surface area contributed by atoms with Gasteiger partial charge < -0.3 is 16.4 Å². The zero-order chi connectivity index (χ0) is 14.3. The van der Waals surface area contributed by atoms with Crippen LogP contribution in [0.15, 0.2) is 0 Å². The molecule has 0 aromatic rings. The number of hydrogen-bond donors (Lipinski definition) is 3. The number of Topliss-reactive ketones (excluding diaryl/α,β-unsaturated/α-hetero) is 1. The maximum atomic E-state index is 11.8. The van der Waals surface area contributed by atoms with E-state index in [2.05, 4.69) is 10.6 Å². The summed E-state index contributed by atoms with van der Waals surface area (Å²) in [5, 5.41) is 5.47. The molecule has 6 nitrogen and oxygen atoms in total. The van der Waals surface area contributed by atoms with E-state index in [0.29, 0.717) is 0 Å². The third-order valence-electron chi connectivity index (χ3n) is 2.32. The highest BCUT2D eigenvalue weighted by atomic mass is 16.2. The van der Waals surface area contributed by atoms with Gasteiger partial charge in [0, 0.05) is 12.0 Å². The number of ketones is 1. The molecule has 2 amide bonds. The Balaban J connectivity index is 4.45. The number of carbonyl (C=O) groups is 3. The van der Waals surface area contributed by atoms with Gasteiger partial charge in [-0.15, -0.1) is 0 Å². The minimum atomic E-state index is -0.830. The van der Waals surface area contributed by atoms with Gasteiger partial charge in [-0.25, -0.2) is 0 Å². The Hall–Kier alpha value is -1.43. The van der Waals surface area contributed by atoms with Crippen molar-refractivity contribution in [1.29, 1.82) is 0 Å². The van der Waals surface area contributed by atoms with Crippen molar-refractivity contribution < 1.29 is 14.4 Å². The smallest absolute Gasteiger partial charge is 0.234 e. The first-order valence-electron chi connectivity index (χ1n) is 6.08. The lowest BCUT2D eigenvalue weighted by atomic mass is 9.99. The lowest BCUT2D eigenvalue weighted by molar-refractivity contribution is -0.131. The number of rotatable bonds is 8. The number of hydrogen-bond acceptors (Lipinski definition) is 4. The van der Waals surface area contributed by atoms with E-state index in [4.69, 9.17) is 5.73 Å². The fourth-order valence-corrected chi connectivity index (χ4v) is 1.37. The average molecular weight is 257 g/mol. The second kappa shape index (κ2) is 7.81. The summed E-state index contributed by atoms with van der Waals surface area (Å²) in [4.78, 5) is 34.3. The Morgan fingerprint density at radius 1 is 1.11 bits per heavy atom. The zero-order valence-electron chi connectivity index (χ0n) is 11.4. The Kier molecular flexibility index (Phi) is 7.19. The van der Waals surface area contributed by atoms with Gasteiger partial charge >= 0.3 is 0 Å². The summed E-state index contributed by atoms with van der Waals surface area (Å²) in [7, 11) is 0. The molecule has 0 saturated carbocycles. The highest BCUT2D eigenvalue weighted by Crippen LogP contribution is 2.03. The van der Waals surface area contributed by atoms with Crippen molar-refractivity contribution in [2.24, 2.45) is 11.7 Å². The van der Waals surface area contributed by atoms with Crippen LogP contribution in [-0.4, -0.2) is 36.2 Å². The third kappa shape index (κ3) is 7.01. The predicted octanol–water partition coefficient (Wildman–Crippen LogP) is -0.430. The van der Waals surface area contributed by atoms with Crippen molar-refractivity contribution in [2.75, 3.05) is 6.54 Å². The van der Waals surface area contributed by atoms with Crippen LogP contribution < -0.4 is 16.4 Å². The van der Waals surface area contributed by atoms with Crippen molar-refractivity contribution >= 4 is 17.6 Å². The van der Waals surface area contributed by atoms with Crippen molar-refractivity contribution in [2.45, 2.75) is 46.2 Å². The van der Waals surface area contributed by atoms with E-state index in [1.807, 2.05) is 13.8 Å². The van der Waals surface area contributed by atoms with Gasteiger partial charge in [0.1, 0.15) is 0 Å². The number of nitrogens with one attached hydrogen (secondary N) is 2. The standard InChI is InChI=1S/C12H23N3O3/c1-7(2)12(18)9(5-10(13)16)15-11(17)6-14-8(3)4/h7-9,14H,5-6H2,1-4H3,(H2,13,16)(H,15,17). The Morgan fingerprint density at radius 2 is 1.67 bits per heavy atom. The van der Waals surface area contributed by atoms with Gasteiger partial charge in [-0.05, 0) is 0 Å². The molecule has 4 N–H and O–H groups in total. The lowest BCUT2D eigenvalue weighted by Crippen LogP contribution is -2.48. The van der Waals surface area contributed by atoms with Crippen molar-refractivity contribution in [1.82, 2.24) is 10.6 Å². The van der Waals surface area contributed by atoms with Gasteiger partial charge in [-0.3, -0.25) is 14.4 Å². The molecule has 1 atom stereocenters. The molecule has 1 unspecified atom stereocenters. The molecule has 0 aromatic carbocycles. The minimum Gasteiger partial charge on any atom is -0.370 e. The quantitative estimate of drug-likeness (QED) is 0.549. The summed E-state index contributed by atoms with van der Waals surface area (Å²) in [6, 6.07) is -0.657. The topological polar surface area (TPSA) is 101 Å². The zero-order valence-corrected chi connectivity index (χ0v) is 11.4. The second-order valence-corrected chi connectivity index (χ2v) is 4.88. The van der Waals surface area contributed by atoms with Gasteiger partial charge in [-0.2, -0.15) is 0 Å². The van der Waals surface area contributed by atoms with E-state index in [1.165, 1.54) is 0 Å². The minimum absolute atomic E-state index is 0.109. The Bertz CT molecular complexity index is 314. The third-order valence-corrected chi connectivity index (χ3v) is 2.32. The van der Waals surface area contributed by atoms with Crippen LogP contribution in [0.4, 0.5) is 0 Å². The molecular formula is C12H23N3O3. The van der Waals surface area contributed by atoms with Crippen molar-refractivity contribution in [3.63, 3.8) is 0 Å². The largest absolute Gasteiger partial charge is 0.370 e. The molecule has 0 saturated heterocycles. The molecule has 0 spiro atoms. The first-order valence-corrected chi connectivity index (χ1v) is 6.08. The molecule has 0 aliphatic carbocycles. The highest BCUT2D eigenvalue weighted by molar-refractivity contribution is 5.94. The summed E-state index contributed by atoms with van der Waals surface area (Å²) in [6.07, 6.45) is -0.162. The Labute approximate surface area is 108 Å². The van der Waals surface area contributed by atoms with E-state index in [0.717, 1.165) is 0 Å². The first kappa shape index (κ1) is 16.6. The fourth-order valence-electron chi connectivity index (χ4n) is 1.37. The van der Waals surface area contributed by atoms with E-state index < -0.39 is 11.9 Å². The molecule has 0 heterocycles. The lowest BCUT2D eigenvalue weighted by Gasteiger charge is -2.18. The maximum Gasteiger partial charge on any atom is 0.234 e. The molecule has 0 radical (unpaired) electrons. The summed E-state index contributed by atoms with van der Waals surface area (Å²) in [6.45, 7) is 7.36. The van der Waals surface area contributed by atoms with Crippen LogP contribution in [-0.2, 0) is 14.4 Å². The predicted molar refractivity (Wildman–Crippen MR) is 68.7 cm³/mol. The summed E-state index contributed by atoms with van der Waals surface area (Å²) >= 11 is 0. The summed E-state index contributed by atoms with van der Waals surface area (Å²) in [5.41, 5.74) is 5.07. The van der Waals surface area contributed by atoms with Gasteiger partial charge in [-0.1, -0.05) is 27.7 Å². The van der Waals surface area contributed by atoms with Gasteiger partial charge in [0.25, 0.3) is 0 Å². The molecule has 0 fully saturated rings. The number of amides is 2. The van der Waals surface area contributed by atoms with Crippen molar-refractivity contribution in [3.8, 4) is 0 Å². The van der Waals surface area contributed by atoms with Crippen LogP contribution in [0.2, 0.25) is 0 Å². The van der Waals surface area contributed by atoms with Crippen LogP contribution in [0, 0.1) is 5.92 Å². The number of primary amides is 1. The van der Waals surface area contributed by atoms with Crippen LogP contribution in [0.25, 0.3) is 0 Å². The normalized spacial score (nSPS) is 12.6. The highest BCUT2D eigenvalue weighted by Gasteiger charge is 2.24. The van der Waals surface area contributed by atoms with E-state index in [-0.39, 0.29) is 36.6 Å². The molecule has 6 heteroatoms. The fraction of sp³-hybridized carbons (Fsp3) is 0.750. The first-order chi connectivity index (χ1) is 8.23. The monoisotopic (exact) mass is 257 g/mol. The van der Waals surface area contributed by atoms with Gasteiger partial charge in [0.15, 0.2) is 5.78 Å². The molecular weight excluding hydrogens is 234 g/mol. The van der Waals surface area contributed by atoms with Crippen LogP contribution in [0.3, 0.4) is 0 Å².